The monoisotopic (exact) mass is 263 g/mol. The number of hydrogen-bond donors (Lipinski definition) is 1. The number of piperidine rings is 1. The van der Waals surface area contributed by atoms with Gasteiger partial charge in [-0.2, -0.15) is 0 Å². The molecule has 0 bridgehead atoms. The number of anilines is 1. The van der Waals surface area contributed by atoms with Crippen molar-refractivity contribution in [2.75, 3.05) is 31.6 Å². The van der Waals surface area contributed by atoms with E-state index in [4.69, 9.17) is 4.74 Å². The van der Waals surface area contributed by atoms with Crippen molar-refractivity contribution in [1.82, 2.24) is 10.3 Å². The maximum Gasteiger partial charge on any atom is 0.214 e. The van der Waals surface area contributed by atoms with Crippen molar-refractivity contribution in [3.63, 3.8) is 0 Å². The van der Waals surface area contributed by atoms with Crippen LogP contribution in [0, 0.1) is 5.92 Å². The first-order valence-electron chi connectivity index (χ1n) is 7.23. The maximum absolute atomic E-state index is 5.19. The Hall–Kier alpha value is -1.29. The minimum Gasteiger partial charge on any atom is -0.481 e. The van der Waals surface area contributed by atoms with E-state index in [2.05, 4.69) is 35.1 Å². The minimum absolute atomic E-state index is 0.624. The Labute approximate surface area is 116 Å². The van der Waals surface area contributed by atoms with Gasteiger partial charge in [-0.1, -0.05) is 6.92 Å². The van der Waals surface area contributed by atoms with E-state index >= 15 is 0 Å². The minimum atomic E-state index is 0.624. The van der Waals surface area contributed by atoms with Gasteiger partial charge in [0.25, 0.3) is 0 Å². The average molecular weight is 263 g/mol. The van der Waals surface area contributed by atoms with Crippen molar-refractivity contribution in [3.8, 4) is 5.88 Å². The molecule has 2 rings (SSSR count). The molecule has 2 heterocycles. The second-order valence-electron chi connectivity index (χ2n) is 5.23. The lowest BCUT2D eigenvalue weighted by Gasteiger charge is -2.36. The third-order valence-electron chi connectivity index (χ3n) is 4.07. The van der Waals surface area contributed by atoms with Crippen LogP contribution in [0.3, 0.4) is 0 Å². The van der Waals surface area contributed by atoms with Crippen LogP contribution < -0.4 is 15.0 Å². The molecule has 4 nitrogen and oxygen atoms in total. The molecule has 1 aromatic heterocycles. The third kappa shape index (κ3) is 3.60. The van der Waals surface area contributed by atoms with Gasteiger partial charge in [0.1, 0.15) is 0 Å². The van der Waals surface area contributed by atoms with Crippen LogP contribution in [0.4, 0.5) is 5.69 Å². The number of aromatic nitrogens is 1. The fraction of sp³-hybridized carbons (Fsp3) is 0.667. The Balaban J connectivity index is 1.92. The fourth-order valence-electron chi connectivity index (χ4n) is 2.85. The lowest BCUT2D eigenvalue weighted by atomic mass is 9.90. The molecule has 0 radical (unpaired) electrons. The normalized spacial score (nSPS) is 18.4. The van der Waals surface area contributed by atoms with E-state index in [-0.39, 0.29) is 0 Å². The van der Waals surface area contributed by atoms with Crippen LogP contribution in [0.25, 0.3) is 0 Å². The van der Waals surface area contributed by atoms with E-state index in [0.29, 0.717) is 11.9 Å². The van der Waals surface area contributed by atoms with Crippen LogP contribution in [-0.2, 0) is 0 Å². The number of hydrogen-bond acceptors (Lipinski definition) is 4. The molecule has 0 amide bonds. The zero-order valence-electron chi connectivity index (χ0n) is 12.2. The maximum atomic E-state index is 5.19. The van der Waals surface area contributed by atoms with Gasteiger partial charge < -0.3 is 15.0 Å². The standard InChI is InChI=1S/C15H25N3O/c1-4-16-12(2)13-6-9-18(10-7-13)14-5-8-17-15(11-14)19-3/h5,8,11-13,16H,4,6-7,9-10H2,1-3H3. The molecular weight excluding hydrogens is 238 g/mol. The first kappa shape index (κ1) is 14.1. The summed E-state index contributed by atoms with van der Waals surface area (Å²) in [5, 5.41) is 3.54. The average Bonchev–Trinajstić information content (AvgIpc) is 2.48. The summed E-state index contributed by atoms with van der Waals surface area (Å²) in [5.74, 6) is 1.49. The van der Waals surface area contributed by atoms with Crippen molar-refractivity contribution in [1.29, 1.82) is 0 Å². The molecule has 1 saturated heterocycles. The van der Waals surface area contributed by atoms with Crippen LogP contribution >= 0.6 is 0 Å². The molecular formula is C15H25N3O. The number of ether oxygens (including phenoxy) is 1. The van der Waals surface area contributed by atoms with E-state index in [0.717, 1.165) is 25.6 Å². The van der Waals surface area contributed by atoms with Gasteiger partial charge in [0.2, 0.25) is 5.88 Å². The quantitative estimate of drug-likeness (QED) is 0.884. The van der Waals surface area contributed by atoms with Crippen LogP contribution in [0.15, 0.2) is 18.3 Å². The first-order chi connectivity index (χ1) is 9.24. The van der Waals surface area contributed by atoms with Gasteiger partial charge in [-0.25, -0.2) is 4.98 Å². The van der Waals surface area contributed by atoms with Crippen molar-refractivity contribution in [2.45, 2.75) is 32.7 Å². The van der Waals surface area contributed by atoms with Gasteiger partial charge in [0, 0.05) is 37.1 Å². The molecule has 1 aliphatic rings. The van der Waals surface area contributed by atoms with Gasteiger partial charge in [-0.05, 0) is 38.3 Å². The van der Waals surface area contributed by atoms with Gasteiger partial charge in [-0.15, -0.1) is 0 Å². The number of nitrogens with zero attached hydrogens (tertiary/aromatic N) is 2. The Bertz CT molecular complexity index is 389. The highest BCUT2D eigenvalue weighted by molar-refractivity contribution is 5.48. The fourth-order valence-corrected chi connectivity index (χ4v) is 2.85. The van der Waals surface area contributed by atoms with Gasteiger partial charge >= 0.3 is 0 Å². The SMILES string of the molecule is CCNC(C)C1CCN(c2ccnc(OC)c2)CC1. The summed E-state index contributed by atoms with van der Waals surface area (Å²) in [4.78, 5) is 6.59. The summed E-state index contributed by atoms with van der Waals surface area (Å²) in [5.41, 5.74) is 1.22. The van der Waals surface area contributed by atoms with E-state index in [1.807, 2.05) is 12.3 Å². The summed E-state index contributed by atoms with van der Waals surface area (Å²) in [6.45, 7) is 7.78. The number of pyridine rings is 1. The van der Waals surface area contributed by atoms with E-state index in [1.165, 1.54) is 18.5 Å². The Morgan fingerprint density at radius 2 is 2.21 bits per heavy atom. The molecule has 0 aromatic carbocycles. The first-order valence-corrected chi connectivity index (χ1v) is 7.23. The van der Waals surface area contributed by atoms with Crippen LogP contribution in [0.1, 0.15) is 26.7 Å². The zero-order valence-corrected chi connectivity index (χ0v) is 12.2. The van der Waals surface area contributed by atoms with Gasteiger partial charge in [-0.3, -0.25) is 0 Å². The molecule has 19 heavy (non-hydrogen) atoms. The molecule has 1 unspecified atom stereocenters. The highest BCUT2D eigenvalue weighted by atomic mass is 16.5. The molecule has 4 heteroatoms. The predicted molar refractivity (Wildman–Crippen MR) is 78.9 cm³/mol. The Morgan fingerprint density at radius 3 is 2.84 bits per heavy atom. The number of methoxy groups -OCH3 is 1. The molecule has 0 spiro atoms. The predicted octanol–water partition coefficient (Wildman–Crippen LogP) is 2.30. The van der Waals surface area contributed by atoms with E-state index in [1.54, 1.807) is 7.11 Å². The number of nitrogens with one attached hydrogen (secondary N) is 1. The second-order valence-corrected chi connectivity index (χ2v) is 5.23. The van der Waals surface area contributed by atoms with Crippen LogP contribution in [-0.4, -0.2) is 37.8 Å². The summed E-state index contributed by atoms with van der Waals surface area (Å²) in [6.07, 6.45) is 4.32. The van der Waals surface area contributed by atoms with Crippen molar-refractivity contribution < 1.29 is 4.74 Å². The van der Waals surface area contributed by atoms with Gasteiger partial charge in [0.05, 0.1) is 7.11 Å². The summed E-state index contributed by atoms with van der Waals surface area (Å²) < 4.78 is 5.19. The third-order valence-corrected chi connectivity index (χ3v) is 4.07. The second kappa shape index (κ2) is 6.75. The van der Waals surface area contributed by atoms with Crippen LogP contribution in [0.2, 0.25) is 0 Å². The Kier molecular flexibility index (Phi) is 5.02. The lowest BCUT2D eigenvalue weighted by molar-refractivity contribution is 0.314. The molecule has 1 N–H and O–H groups in total. The topological polar surface area (TPSA) is 37.4 Å². The summed E-state index contributed by atoms with van der Waals surface area (Å²) in [6, 6.07) is 4.71. The van der Waals surface area contributed by atoms with Crippen molar-refractivity contribution >= 4 is 5.69 Å². The summed E-state index contributed by atoms with van der Waals surface area (Å²) in [7, 11) is 1.66. The molecule has 106 valence electrons. The van der Waals surface area contributed by atoms with Crippen molar-refractivity contribution in [3.05, 3.63) is 18.3 Å². The highest BCUT2D eigenvalue weighted by Gasteiger charge is 2.23. The van der Waals surface area contributed by atoms with E-state index in [9.17, 15) is 0 Å². The number of rotatable bonds is 5. The zero-order chi connectivity index (χ0) is 13.7. The Morgan fingerprint density at radius 1 is 1.47 bits per heavy atom. The van der Waals surface area contributed by atoms with Crippen molar-refractivity contribution in [2.24, 2.45) is 5.92 Å². The molecule has 0 saturated carbocycles. The molecule has 0 aliphatic carbocycles. The van der Waals surface area contributed by atoms with Gasteiger partial charge in [0.15, 0.2) is 0 Å². The molecule has 1 aromatic rings. The summed E-state index contributed by atoms with van der Waals surface area (Å²) >= 11 is 0. The van der Waals surface area contributed by atoms with Crippen LogP contribution in [0.5, 0.6) is 5.88 Å². The molecule has 1 fully saturated rings. The largest absolute Gasteiger partial charge is 0.481 e. The van der Waals surface area contributed by atoms with E-state index < -0.39 is 0 Å². The lowest BCUT2D eigenvalue weighted by Crippen LogP contribution is -2.42. The highest BCUT2D eigenvalue weighted by Crippen LogP contribution is 2.26. The molecule has 1 aliphatic heterocycles. The molecule has 1 atom stereocenters. The smallest absolute Gasteiger partial charge is 0.214 e.